The Kier molecular flexibility index (Phi) is 19.4. The highest BCUT2D eigenvalue weighted by molar-refractivity contribution is 8.13. The van der Waals surface area contributed by atoms with E-state index in [1.807, 2.05) is 48.5 Å². The second-order valence-corrected chi connectivity index (χ2v) is 22.7. The van der Waals surface area contributed by atoms with Crippen molar-refractivity contribution in [2.45, 2.75) is 107 Å². The lowest BCUT2D eigenvalue weighted by Gasteiger charge is -2.63. The van der Waals surface area contributed by atoms with Crippen LogP contribution in [0.1, 0.15) is 92.5 Å². The fourth-order valence-electron chi connectivity index (χ4n) is 13.2. The topological polar surface area (TPSA) is 287 Å². The number of thioether (sulfide) groups is 1. The fourth-order valence-corrected chi connectivity index (χ4v) is 14.0. The minimum Gasteiger partial charge on any atom is -0.457 e. The number of nitrogens with one attached hydrogen (secondary N) is 5. The number of alkyl halides is 3. The van der Waals surface area contributed by atoms with Gasteiger partial charge in [0.25, 0.3) is 0 Å². The van der Waals surface area contributed by atoms with Gasteiger partial charge in [0, 0.05) is 40.7 Å². The van der Waals surface area contributed by atoms with Gasteiger partial charge in [0.1, 0.15) is 50.8 Å². The maximum absolute atomic E-state index is 17.9. The van der Waals surface area contributed by atoms with Crippen molar-refractivity contribution in [3.63, 3.8) is 0 Å². The number of benzene rings is 2. The van der Waals surface area contributed by atoms with Crippen LogP contribution in [-0.4, -0.2) is 138 Å². The zero-order valence-electron chi connectivity index (χ0n) is 46.1. The van der Waals surface area contributed by atoms with Gasteiger partial charge in [-0.15, -0.1) is 0 Å². The SMILES string of the molecule is C=CCOC(=O)NCCCC[C@H](NC(=O)[C@H](CO)NC(=O)CNC(=O)OCC1c2ccccc2-c2ccccc21)C(=O)NCOCc1coc(C(=O)O[C@]2(C(=O)SCF)[C@H](C)C[C@H]3[C@@H]4C[C@H](F)C5=CC(=O)C=C[C@]5(C)[C@@]4(F)[C@@H](O)C[C@@]32C)c1. The average molecular weight is 1180 g/mol. The summed E-state index contributed by atoms with van der Waals surface area (Å²) in [6.45, 7) is 5.91. The first kappa shape index (κ1) is 61.8. The molecule has 5 aliphatic carbocycles. The summed E-state index contributed by atoms with van der Waals surface area (Å²) in [4.78, 5) is 105. The molecule has 24 heteroatoms. The third-order valence-corrected chi connectivity index (χ3v) is 17.8. The van der Waals surface area contributed by atoms with E-state index in [0.717, 1.165) is 40.7 Å². The first-order valence-corrected chi connectivity index (χ1v) is 28.3. The van der Waals surface area contributed by atoms with Gasteiger partial charge in [0.15, 0.2) is 17.1 Å². The molecule has 8 rings (SSSR count). The van der Waals surface area contributed by atoms with Crippen molar-refractivity contribution in [1.82, 2.24) is 26.6 Å². The van der Waals surface area contributed by atoms with Gasteiger partial charge in [-0.1, -0.05) is 81.1 Å². The molecule has 0 saturated heterocycles. The summed E-state index contributed by atoms with van der Waals surface area (Å²) in [5.74, 6) is -7.83. The molecule has 1 aromatic heterocycles. The number of halogens is 3. The smallest absolute Gasteiger partial charge is 0.407 e. The van der Waals surface area contributed by atoms with E-state index in [4.69, 9.17) is 23.4 Å². The molecule has 0 radical (unpaired) electrons. The minimum absolute atomic E-state index is 0.00235. The quantitative estimate of drug-likeness (QED) is 0.0175. The van der Waals surface area contributed by atoms with Crippen molar-refractivity contribution >= 4 is 58.5 Å². The number of carbonyl (C=O) groups is 8. The second-order valence-electron chi connectivity index (χ2n) is 21.9. The molecule has 83 heavy (non-hydrogen) atoms. The Labute approximate surface area is 481 Å². The number of allylic oxidation sites excluding steroid dienone is 4. The second kappa shape index (κ2) is 26.1. The van der Waals surface area contributed by atoms with E-state index in [0.29, 0.717) is 6.42 Å². The van der Waals surface area contributed by atoms with Crippen LogP contribution in [-0.2, 0) is 49.5 Å². The maximum atomic E-state index is 17.9. The lowest BCUT2D eigenvalue weighted by Crippen LogP contribution is -2.70. The maximum Gasteiger partial charge on any atom is 0.407 e. The number of hydrogen-bond donors (Lipinski definition) is 7. The molecule has 1 heterocycles. The molecule has 3 saturated carbocycles. The highest BCUT2D eigenvalue weighted by Crippen LogP contribution is 2.72. The molecule has 446 valence electrons. The summed E-state index contributed by atoms with van der Waals surface area (Å²) in [6, 6.07) is 12.7. The van der Waals surface area contributed by atoms with Crippen LogP contribution < -0.4 is 26.6 Å². The number of amides is 5. The standard InChI is InChI=1S/C59H68F3N5O15S/c1-5-20-79-54(76)63-19-11-10-16-45(67-51(73)46(27-68)66-49(71)26-64-55(77)81-30-40-38-14-8-6-12-36(38)37-13-7-9-15-39(37)40)50(72)65-32-78-28-34-22-47(80-29-34)52(74)82-59(53(75)83-31-60)33(2)21-41-42-24-44(61)43-23-35(69)17-18-56(43,3)58(42,62)48(70)25-57(41,59)4/h5-9,12-15,17-18,22-23,29,33,40-42,44-46,48,68,70H,1,10-11,16,19-21,24-28,30-32H2,2-4H3,(H,63,76)(H,64,77)(H,65,72)(H,66,71)(H,67,73)/t33-,41+,42+,44+,45+,46+,48+,56+,57+,58+,59+/m1/s1. The molecule has 0 unspecified atom stereocenters. The van der Waals surface area contributed by atoms with Crippen molar-refractivity contribution in [2.24, 2.45) is 28.6 Å². The van der Waals surface area contributed by atoms with E-state index >= 15 is 8.78 Å². The molecule has 3 aromatic rings. The number of esters is 1. The van der Waals surface area contributed by atoms with Crippen molar-refractivity contribution in [3.8, 4) is 11.1 Å². The summed E-state index contributed by atoms with van der Waals surface area (Å²) < 4.78 is 75.8. The lowest BCUT2D eigenvalue weighted by molar-refractivity contribution is -0.221. The van der Waals surface area contributed by atoms with Crippen molar-refractivity contribution < 1.29 is 85.1 Å². The lowest BCUT2D eigenvalue weighted by atomic mass is 9.44. The monoisotopic (exact) mass is 1180 g/mol. The number of unbranched alkanes of at least 4 members (excludes halogenated alkanes) is 1. The number of ketones is 1. The van der Waals surface area contributed by atoms with Crippen LogP contribution in [0, 0.1) is 28.6 Å². The normalized spacial score (nSPS) is 27.2. The number of furan rings is 1. The zero-order valence-corrected chi connectivity index (χ0v) is 46.9. The Morgan fingerprint density at radius 3 is 2.30 bits per heavy atom. The molecule has 0 bridgehead atoms. The summed E-state index contributed by atoms with van der Waals surface area (Å²) in [7, 11) is 0. The van der Waals surface area contributed by atoms with Gasteiger partial charge >= 0.3 is 18.2 Å². The van der Waals surface area contributed by atoms with Crippen LogP contribution in [0.4, 0.5) is 22.8 Å². The van der Waals surface area contributed by atoms with Crippen molar-refractivity contribution in [2.75, 3.05) is 45.6 Å². The molecular formula is C59H68F3N5O15S. The number of fused-ring (bicyclic) bond motifs is 8. The van der Waals surface area contributed by atoms with E-state index in [1.54, 1.807) is 13.8 Å². The Morgan fingerprint density at radius 2 is 1.61 bits per heavy atom. The molecule has 0 spiro atoms. The molecular weight excluding hydrogens is 1110 g/mol. The summed E-state index contributed by atoms with van der Waals surface area (Å²) in [6.07, 6.45) is 0.583. The number of ether oxygens (including phenoxy) is 4. The highest BCUT2D eigenvalue weighted by atomic mass is 32.2. The van der Waals surface area contributed by atoms with Gasteiger partial charge in [-0.2, -0.15) is 0 Å². The molecule has 20 nitrogen and oxygen atoms in total. The van der Waals surface area contributed by atoms with Crippen LogP contribution in [0.3, 0.4) is 0 Å². The van der Waals surface area contributed by atoms with Gasteiger partial charge in [-0.3, -0.25) is 24.0 Å². The van der Waals surface area contributed by atoms with Crippen LogP contribution >= 0.6 is 11.8 Å². The molecule has 7 N–H and O–H groups in total. The first-order valence-electron chi connectivity index (χ1n) is 27.3. The first-order chi connectivity index (χ1) is 39.7. The van der Waals surface area contributed by atoms with E-state index in [2.05, 4.69) is 33.2 Å². The predicted molar refractivity (Wildman–Crippen MR) is 294 cm³/mol. The number of carbonyl (C=O) groups excluding carboxylic acids is 8. The summed E-state index contributed by atoms with van der Waals surface area (Å²) in [5, 5.41) is 33.4. The summed E-state index contributed by atoms with van der Waals surface area (Å²) in [5.41, 5.74) is -3.73. The van der Waals surface area contributed by atoms with E-state index in [1.165, 1.54) is 25.1 Å². The molecule has 0 aliphatic heterocycles. The Morgan fingerprint density at radius 1 is 0.916 bits per heavy atom. The van der Waals surface area contributed by atoms with Crippen molar-refractivity contribution in [3.05, 3.63) is 120 Å². The minimum atomic E-state index is -2.49. The predicted octanol–water partition coefficient (Wildman–Crippen LogP) is 6.10. The molecule has 3 fully saturated rings. The van der Waals surface area contributed by atoms with Gasteiger partial charge in [0.05, 0.1) is 25.6 Å². The van der Waals surface area contributed by atoms with Crippen LogP contribution in [0.2, 0.25) is 0 Å². The fraction of sp³-hybridized carbons (Fsp3) is 0.492. The number of hydrogen-bond acceptors (Lipinski definition) is 16. The highest BCUT2D eigenvalue weighted by Gasteiger charge is 2.78. The Balaban J connectivity index is 0.858. The number of alkyl carbamates (subject to hydrolysis) is 2. The molecule has 2 aromatic carbocycles. The third-order valence-electron chi connectivity index (χ3n) is 17.1. The summed E-state index contributed by atoms with van der Waals surface area (Å²) >= 11 is 0.250. The van der Waals surface area contributed by atoms with E-state index in [9.17, 15) is 53.0 Å². The van der Waals surface area contributed by atoms with Crippen LogP contribution in [0.5, 0.6) is 0 Å². The van der Waals surface area contributed by atoms with Crippen LogP contribution in [0.25, 0.3) is 11.1 Å². The molecule has 5 aliphatic rings. The van der Waals surface area contributed by atoms with Gasteiger partial charge < -0.3 is 60.2 Å². The number of aliphatic hydroxyl groups excluding tert-OH is 2. The van der Waals surface area contributed by atoms with Crippen LogP contribution in [0.15, 0.2) is 102 Å². The van der Waals surface area contributed by atoms with Gasteiger partial charge in [0.2, 0.25) is 28.6 Å². The third kappa shape index (κ3) is 12.2. The zero-order chi connectivity index (χ0) is 59.9. The van der Waals surface area contributed by atoms with E-state index < -0.39 is 155 Å². The largest absolute Gasteiger partial charge is 0.457 e. The van der Waals surface area contributed by atoms with E-state index in [-0.39, 0.29) is 74.4 Å². The van der Waals surface area contributed by atoms with Gasteiger partial charge in [-0.05, 0) is 109 Å². The number of rotatable bonds is 24. The van der Waals surface area contributed by atoms with Crippen molar-refractivity contribution in [1.29, 1.82) is 0 Å². The number of aliphatic hydroxyl groups is 2. The molecule has 11 atom stereocenters. The Hall–Kier alpha value is -7.28. The van der Waals surface area contributed by atoms with Gasteiger partial charge in [-0.25, -0.2) is 27.6 Å². The average Bonchev–Trinajstić information content (AvgIpc) is 1.69. The Bertz CT molecular complexity index is 3000. The molecule has 5 amide bonds.